The first-order valence-corrected chi connectivity index (χ1v) is 11.1. The Kier molecular flexibility index (Phi) is 14.2. The number of likely N-dealkylation sites (N-methyl/N-ethyl adjacent to an activating group) is 1. The molecule has 1 atom stereocenters. The predicted octanol–water partition coefficient (Wildman–Crippen LogP) is 3.11. The van der Waals surface area contributed by atoms with Crippen molar-refractivity contribution in [1.82, 2.24) is 0 Å². The fraction of sp³-hybridized carbons (Fsp3) is 0.909. The molecule has 0 aromatic heterocycles. The Balaban J connectivity index is 4.34. The Morgan fingerprint density at radius 3 is 1.71 bits per heavy atom. The Labute approximate surface area is 171 Å². The van der Waals surface area contributed by atoms with Gasteiger partial charge in [0.25, 0.3) is 0 Å². The first kappa shape index (κ1) is 26.9. The maximum absolute atomic E-state index is 11.9. The summed E-state index contributed by atoms with van der Waals surface area (Å²) in [7, 11) is 3.62. The average Bonchev–Trinajstić information content (AvgIpc) is 2.62. The van der Waals surface area contributed by atoms with Crippen LogP contribution in [0, 0.1) is 0 Å². The maximum atomic E-state index is 11.9. The van der Waals surface area contributed by atoms with E-state index < -0.39 is 17.5 Å². The predicted molar refractivity (Wildman–Crippen MR) is 110 cm³/mol. The van der Waals surface area contributed by atoms with Gasteiger partial charge in [0.2, 0.25) is 0 Å². The summed E-state index contributed by atoms with van der Waals surface area (Å²) in [5.74, 6) is -2.30. The maximum Gasteiger partial charge on any atom is 0.303 e. The van der Waals surface area contributed by atoms with Gasteiger partial charge in [-0.25, -0.2) is 0 Å². The zero-order chi connectivity index (χ0) is 21.5. The van der Waals surface area contributed by atoms with Crippen LogP contribution in [0.3, 0.4) is 0 Å². The van der Waals surface area contributed by atoms with E-state index >= 15 is 0 Å². The summed E-state index contributed by atoms with van der Waals surface area (Å²) in [6.07, 6.45) is 13.2. The second-order valence-corrected chi connectivity index (χ2v) is 8.63. The quantitative estimate of drug-likeness (QED) is 0.256. The van der Waals surface area contributed by atoms with E-state index in [1.165, 1.54) is 51.4 Å². The number of quaternary nitrogens is 1. The molecule has 0 radical (unpaired) electrons. The van der Waals surface area contributed by atoms with Gasteiger partial charge >= 0.3 is 5.97 Å². The van der Waals surface area contributed by atoms with Crippen LogP contribution in [-0.4, -0.2) is 59.4 Å². The Bertz CT molecular complexity index is 439. The monoisotopic (exact) mass is 401 g/mol. The van der Waals surface area contributed by atoms with Crippen LogP contribution in [0.25, 0.3) is 0 Å². The minimum Gasteiger partial charge on any atom is -0.544 e. The van der Waals surface area contributed by atoms with Crippen LogP contribution in [0.15, 0.2) is 0 Å². The average molecular weight is 402 g/mol. The molecule has 0 fully saturated rings. The van der Waals surface area contributed by atoms with E-state index in [1.54, 1.807) is 0 Å². The molecule has 0 saturated carbocycles. The van der Waals surface area contributed by atoms with Gasteiger partial charge in [-0.05, 0) is 12.8 Å². The van der Waals surface area contributed by atoms with Gasteiger partial charge in [0.15, 0.2) is 0 Å². The summed E-state index contributed by atoms with van der Waals surface area (Å²) in [4.78, 5) is 22.9. The molecular weight excluding hydrogens is 358 g/mol. The molecule has 0 spiro atoms. The van der Waals surface area contributed by atoms with E-state index in [2.05, 4.69) is 6.92 Å². The summed E-state index contributed by atoms with van der Waals surface area (Å²) in [6.45, 7) is 2.56. The van der Waals surface area contributed by atoms with Crippen LogP contribution < -0.4 is 5.11 Å². The number of aliphatic hydroxyl groups excluding tert-OH is 1. The second kappa shape index (κ2) is 14.8. The summed E-state index contributed by atoms with van der Waals surface area (Å²) in [5.41, 5.74) is -1.37. The van der Waals surface area contributed by atoms with Gasteiger partial charge in [-0.15, -0.1) is 0 Å². The van der Waals surface area contributed by atoms with Crippen molar-refractivity contribution in [2.75, 3.05) is 27.2 Å². The summed E-state index contributed by atoms with van der Waals surface area (Å²) in [5, 5.41) is 30.3. The second-order valence-electron chi connectivity index (χ2n) is 8.63. The third-order valence-corrected chi connectivity index (χ3v) is 6.14. The van der Waals surface area contributed by atoms with Crippen LogP contribution >= 0.6 is 0 Å². The van der Waals surface area contributed by atoms with E-state index in [4.69, 9.17) is 5.11 Å². The SMILES string of the molecule is CCCCCCCCCCCCC[N+](C)(C)C(CCO)(CCC(=O)O)C(=O)[O-]. The van der Waals surface area contributed by atoms with Gasteiger partial charge in [0.1, 0.15) is 11.5 Å². The number of unbranched alkanes of at least 4 members (excludes halogenated alkanes) is 10. The highest BCUT2D eigenvalue weighted by molar-refractivity contribution is 5.76. The molecule has 0 aliphatic rings. The third-order valence-electron chi connectivity index (χ3n) is 6.14. The summed E-state index contributed by atoms with van der Waals surface area (Å²) in [6, 6.07) is 0. The van der Waals surface area contributed by atoms with Crippen LogP contribution in [0.4, 0.5) is 0 Å². The van der Waals surface area contributed by atoms with Crippen molar-refractivity contribution < 1.29 is 29.4 Å². The molecule has 0 aromatic rings. The number of carboxylic acids is 2. The smallest absolute Gasteiger partial charge is 0.303 e. The minimum absolute atomic E-state index is 0.00758. The Morgan fingerprint density at radius 2 is 1.32 bits per heavy atom. The molecule has 0 aromatic carbocycles. The first-order valence-electron chi connectivity index (χ1n) is 11.1. The molecule has 0 aliphatic heterocycles. The topological polar surface area (TPSA) is 97.7 Å². The van der Waals surface area contributed by atoms with Crippen LogP contribution in [-0.2, 0) is 9.59 Å². The molecule has 28 heavy (non-hydrogen) atoms. The molecule has 1 unspecified atom stereocenters. The molecule has 0 saturated heterocycles. The van der Waals surface area contributed by atoms with Crippen molar-refractivity contribution >= 4 is 11.9 Å². The fourth-order valence-corrected chi connectivity index (χ4v) is 4.07. The summed E-state index contributed by atoms with van der Waals surface area (Å²) < 4.78 is 0.139. The zero-order valence-corrected chi connectivity index (χ0v) is 18.4. The van der Waals surface area contributed by atoms with Gasteiger partial charge < -0.3 is 24.6 Å². The molecule has 0 heterocycles. The lowest BCUT2D eigenvalue weighted by Crippen LogP contribution is -2.68. The lowest BCUT2D eigenvalue weighted by Gasteiger charge is -2.49. The number of aliphatic carboxylic acids is 2. The molecule has 0 amide bonds. The first-order chi connectivity index (χ1) is 13.2. The highest BCUT2D eigenvalue weighted by Gasteiger charge is 2.46. The van der Waals surface area contributed by atoms with Crippen molar-refractivity contribution in [2.45, 2.75) is 102 Å². The van der Waals surface area contributed by atoms with Crippen molar-refractivity contribution in [2.24, 2.45) is 0 Å². The van der Waals surface area contributed by atoms with E-state index in [-0.39, 0.29) is 30.4 Å². The zero-order valence-electron chi connectivity index (χ0n) is 18.4. The molecule has 166 valence electrons. The van der Waals surface area contributed by atoms with E-state index in [0.29, 0.717) is 6.54 Å². The summed E-state index contributed by atoms with van der Waals surface area (Å²) >= 11 is 0. The Morgan fingerprint density at radius 1 is 0.857 bits per heavy atom. The van der Waals surface area contributed by atoms with Gasteiger partial charge in [-0.1, -0.05) is 64.7 Å². The van der Waals surface area contributed by atoms with Crippen molar-refractivity contribution in [3.8, 4) is 0 Å². The largest absolute Gasteiger partial charge is 0.544 e. The molecule has 2 N–H and O–H groups in total. The highest BCUT2D eigenvalue weighted by atomic mass is 16.4. The van der Waals surface area contributed by atoms with Crippen LogP contribution in [0.2, 0.25) is 0 Å². The molecular formula is C22H43NO5. The Hall–Kier alpha value is -1.14. The standard InChI is InChI=1S/C22H43NO5/c1-4-5-6-7-8-9-10-11-12-13-14-18-23(2,3)22(17-19-24,21(27)28)16-15-20(25)26/h24H,4-19H2,1-3H3,(H-,25,26,27,28). The van der Waals surface area contributed by atoms with Crippen molar-refractivity contribution in [3.63, 3.8) is 0 Å². The number of carbonyl (C=O) groups is 2. The van der Waals surface area contributed by atoms with E-state index in [1.807, 2.05) is 14.1 Å². The number of nitrogens with zero attached hydrogens (tertiary/aromatic N) is 1. The van der Waals surface area contributed by atoms with Gasteiger partial charge in [0.05, 0.1) is 27.1 Å². The molecule has 6 heteroatoms. The highest BCUT2D eigenvalue weighted by Crippen LogP contribution is 2.31. The van der Waals surface area contributed by atoms with Gasteiger partial charge in [-0.3, -0.25) is 4.79 Å². The van der Waals surface area contributed by atoms with Crippen LogP contribution in [0.5, 0.6) is 0 Å². The van der Waals surface area contributed by atoms with Crippen LogP contribution in [0.1, 0.15) is 96.8 Å². The number of carbonyl (C=O) groups excluding carboxylic acids is 1. The lowest BCUT2D eigenvalue weighted by molar-refractivity contribution is -0.935. The number of rotatable bonds is 19. The van der Waals surface area contributed by atoms with Gasteiger partial charge in [0, 0.05) is 19.4 Å². The minimum atomic E-state index is -1.37. The molecule has 0 rings (SSSR count). The van der Waals surface area contributed by atoms with Gasteiger partial charge in [-0.2, -0.15) is 0 Å². The number of hydrogen-bond donors (Lipinski definition) is 2. The lowest BCUT2D eigenvalue weighted by atomic mass is 9.85. The normalized spacial score (nSPS) is 14.0. The van der Waals surface area contributed by atoms with E-state index in [9.17, 15) is 19.8 Å². The molecule has 0 aliphatic carbocycles. The molecule has 0 bridgehead atoms. The fourth-order valence-electron chi connectivity index (χ4n) is 4.07. The van der Waals surface area contributed by atoms with Crippen molar-refractivity contribution in [1.29, 1.82) is 0 Å². The van der Waals surface area contributed by atoms with E-state index in [0.717, 1.165) is 19.3 Å². The van der Waals surface area contributed by atoms with Crippen molar-refractivity contribution in [3.05, 3.63) is 0 Å². The molecule has 6 nitrogen and oxygen atoms in total. The third kappa shape index (κ3) is 9.87. The number of hydrogen-bond acceptors (Lipinski definition) is 4. The number of carboxylic acid groups (broad SMARTS) is 2. The number of aliphatic hydroxyl groups is 1.